The first-order valence-electron chi connectivity index (χ1n) is 15.0. The molecule has 10 nitrogen and oxygen atoms in total. The molecule has 6 rings (SSSR count). The van der Waals surface area contributed by atoms with Gasteiger partial charge in [0.2, 0.25) is 11.7 Å². The fraction of sp³-hybridized carbons (Fsp3) is 0.353. The zero-order valence-corrected chi connectivity index (χ0v) is 26.3. The lowest BCUT2D eigenvalue weighted by Crippen LogP contribution is -2.63. The summed E-state index contributed by atoms with van der Waals surface area (Å²) in [5.41, 5.74) is 4.37. The minimum atomic E-state index is -0.939. The van der Waals surface area contributed by atoms with Crippen LogP contribution in [-0.4, -0.2) is 48.1 Å². The van der Waals surface area contributed by atoms with Gasteiger partial charge in [0.25, 0.3) is 0 Å². The number of nitrogens with zero attached hydrogens (tertiary/aromatic N) is 6. The number of rotatable bonds is 6. The first kappa shape index (κ1) is 29.2. The number of aryl methyl sites for hydroxylation is 3. The van der Waals surface area contributed by atoms with Crippen LogP contribution in [0.3, 0.4) is 0 Å². The first-order valence-corrected chi connectivity index (χ1v) is 15.0. The number of benzene rings is 3. The van der Waals surface area contributed by atoms with Gasteiger partial charge < -0.3 is 9.47 Å². The van der Waals surface area contributed by atoms with Gasteiger partial charge in [-0.2, -0.15) is 0 Å². The fourth-order valence-corrected chi connectivity index (χ4v) is 6.53. The molecule has 0 unspecified atom stereocenters. The zero-order valence-electron chi connectivity index (χ0n) is 26.3. The quantitative estimate of drug-likeness (QED) is 0.328. The number of anilines is 4. The van der Waals surface area contributed by atoms with E-state index < -0.39 is 23.3 Å². The smallest absolute Gasteiger partial charge is 0.376 e. The van der Waals surface area contributed by atoms with Crippen molar-refractivity contribution in [1.29, 1.82) is 0 Å². The van der Waals surface area contributed by atoms with Crippen molar-refractivity contribution in [2.75, 3.05) is 33.0 Å². The summed E-state index contributed by atoms with van der Waals surface area (Å²) < 4.78 is 11.1. The molecule has 2 atom stereocenters. The summed E-state index contributed by atoms with van der Waals surface area (Å²) in [6.07, 6.45) is 0.369. The lowest BCUT2D eigenvalue weighted by molar-refractivity contribution is -0.136. The highest BCUT2D eigenvalue weighted by molar-refractivity contribution is 6.45. The van der Waals surface area contributed by atoms with E-state index in [1.165, 1.54) is 0 Å². The molecule has 3 aliphatic heterocycles. The van der Waals surface area contributed by atoms with E-state index in [0.29, 0.717) is 17.8 Å². The molecule has 0 amide bonds. The molecular weight excluding hydrogens is 556 g/mol. The molecule has 228 valence electrons. The molecule has 0 aliphatic carbocycles. The number of carbonyl (C=O) groups is 2. The van der Waals surface area contributed by atoms with Gasteiger partial charge in [-0.05, 0) is 90.4 Å². The molecule has 0 radical (unpaired) electrons. The Morgan fingerprint density at radius 3 is 1.50 bits per heavy atom. The van der Waals surface area contributed by atoms with Gasteiger partial charge in [-0.15, -0.1) is 10.2 Å². The highest BCUT2D eigenvalue weighted by Gasteiger charge is 2.62. The van der Waals surface area contributed by atoms with Crippen LogP contribution in [-0.2, 0) is 19.1 Å². The van der Waals surface area contributed by atoms with E-state index in [0.717, 1.165) is 28.1 Å². The maximum atomic E-state index is 13.6. The number of fused-ring (bicyclic) bond motifs is 5. The van der Waals surface area contributed by atoms with E-state index in [1.54, 1.807) is 13.8 Å². The van der Waals surface area contributed by atoms with E-state index >= 15 is 0 Å². The lowest BCUT2D eigenvalue weighted by Gasteiger charge is -2.46. The number of hydrogen-bond acceptors (Lipinski definition) is 10. The van der Waals surface area contributed by atoms with Crippen LogP contribution in [0.5, 0.6) is 0 Å². The van der Waals surface area contributed by atoms with Gasteiger partial charge in [0.15, 0.2) is 0 Å². The largest absolute Gasteiger partial charge is 0.460 e. The van der Waals surface area contributed by atoms with Crippen LogP contribution >= 0.6 is 0 Å². The van der Waals surface area contributed by atoms with Gasteiger partial charge in [-0.3, -0.25) is 9.80 Å². The Bertz CT molecular complexity index is 1680. The molecule has 0 saturated heterocycles. The van der Waals surface area contributed by atoms with Crippen molar-refractivity contribution >= 4 is 46.4 Å². The molecule has 0 aromatic heterocycles. The number of ether oxygens (including phenoxy) is 2. The van der Waals surface area contributed by atoms with Crippen molar-refractivity contribution in [2.24, 2.45) is 10.2 Å². The molecule has 44 heavy (non-hydrogen) atoms. The van der Waals surface area contributed by atoms with Crippen molar-refractivity contribution in [1.82, 2.24) is 0 Å². The summed E-state index contributed by atoms with van der Waals surface area (Å²) in [6.45, 7) is 14.2. The van der Waals surface area contributed by atoms with Crippen LogP contribution < -0.4 is 19.8 Å². The van der Waals surface area contributed by atoms with E-state index in [4.69, 9.17) is 19.7 Å². The number of hydrazone groups is 2. The molecule has 0 spiro atoms. The molecule has 0 N–H and O–H groups in total. The number of hydrogen-bond donors (Lipinski definition) is 0. The van der Waals surface area contributed by atoms with Crippen molar-refractivity contribution in [3.05, 3.63) is 83.4 Å². The molecule has 3 aromatic rings. The van der Waals surface area contributed by atoms with E-state index in [9.17, 15) is 9.59 Å². The highest BCUT2D eigenvalue weighted by Crippen LogP contribution is 2.53. The van der Waals surface area contributed by atoms with Crippen LogP contribution in [0.1, 0.15) is 50.8 Å². The van der Waals surface area contributed by atoms with Gasteiger partial charge in [0.05, 0.1) is 36.0 Å². The maximum absolute atomic E-state index is 13.6. The molecule has 0 bridgehead atoms. The lowest BCUT2D eigenvalue weighted by atomic mass is 9.93. The molecule has 0 fully saturated rings. The Morgan fingerprint density at radius 1 is 0.659 bits per heavy atom. The monoisotopic (exact) mass is 594 g/mol. The summed E-state index contributed by atoms with van der Waals surface area (Å²) in [7, 11) is 0. The first-order chi connectivity index (χ1) is 21.0. The normalized spacial score (nSPS) is 22.1. The van der Waals surface area contributed by atoms with Gasteiger partial charge in [0, 0.05) is 6.42 Å². The summed E-state index contributed by atoms with van der Waals surface area (Å²) in [6, 6.07) is 22.1. The van der Waals surface area contributed by atoms with Gasteiger partial charge in [-0.25, -0.2) is 19.6 Å². The predicted molar refractivity (Wildman–Crippen MR) is 173 cm³/mol. The standard InChI is InChI=1S/C34H38N6O4/c1-8-43-31(41)29-35-39(25-15-10-22(3)11-16-25)33(6)21-34(7)38(28-20-24(5)14-19-27(28)37(29)33)30(32(42)44-9-2)36-40(34)26-17-12-23(4)13-18-26/h10-20H,8-9,21H2,1-7H3/t33-,34-/m1/s1. The molecule has 10 heteroatoms. The zero-order chi connectivity index (χ0) is 31.4. The second-order valence-corrected chi connectivity index (χ2v) is 11.9. The van der Waals surface area contributed by atoms with Gasteiger partial charge in [0.1, 0.15) is 11.3 Å². The number of amidine groups is 2. The van der Waals surface area contributed by atoms with E-state index in [-0.39, 0.29) is 24.9 Å². The molecule has 3 aromatic carbocycles. The third-order valence-corrected chi connectivity index (χ3v) is 8.44. The molecule has 0 saturated carbocycles. The summed E-state index contributed by atoms with van der Waals surface area (Å²) in [4.78, 5) is 31.2. The minimum Gasteiger partial charge on any atom is -0.460 e. The van der Waals surface area contributed by atoms with Crippen LogP contribution in [0.2, 0.25) is 0 Å². The Hall–Kier alpha value is -4.86. The average molecular weight is 595 g/mol. The Kier molecular flexibility index (Phi) is 7.10. The van der Waals surface area contributed by atoms with Crippen LogP contribution in [0.25, 0.3) is 0 Å². The second-order valence-electron chi connectivity index (χ2n) is 11.9. The Balaban J connectivity index is 1.64. The van der Waals surface area contributed by atoms with Crippen molar-refractivity contribution in [3.63, 3.8) is 0 Å². The van der Waals surface area contributed by atoms with Crippen molar-refractivity contribution in [3.8, 4) is 0 Å². The summed E-state index contributed by atoms with van der Waals surface area (Å²) in [5.74, 6) is -0.714. The predicted octanol–water partition coefficient (Wildman–Crippen LogP) is 5.85. The fourth-order valence-electron chi connectivity index (χ4n) is 6.53. The molecule has 3 aliphatic rings. The Labute approximate surface area is 258 Å². The summed E-state index contributed by atoms with van der Waals surface area (Å²) in [5, 5.41) is 13.7. The highest BCUT2D eigenvalue weighted by atomic mass is 16.5. The van der Waals surface area contributed by atoms with Crippen LogP contribution in [0, 0.1) is 20.8 Å². The SMILES string of the molecule is CCOC(=O)C1=NN(c2ccc(C)cc2)[C@]2(C)C[C@@]3(C)N(c4ccc(C)cc4)N=C(C(=O)OCC)N3c3cc(C)ccc3N12. The molecule has 3 heterocycles. The topological polar surface area (TPSA) is 90.3 Å². The van der Waals surface area contributed by atoms with Crippen LogP contribution in [0.4, 0.5) is 22.7 Å². The minimum absolute atomic E-state index is 0.168. The van der Waals surface area contributed by atoms with Gasteiger partial charge in [-0.1, -0.05) is 41.5 Å². The average Bonchev–Trinajstić information content (AvgIpc) is 3.42. The third kappa shape index (κ3) is 4.47. The van der Waals surface area contributed by atoms with Crippen LogP contribution in [0.15, 0.2) is 76.9 Å². The van der Waals surface area contributed by atoms with Crippen molar-refractivity contribution < 1.29 is 19.1 Å². The van der Waals surface area contributed by atoms with Gasteiger partial charge >= 0.3 is 11.9 Å². The molecular formula is C34H38N6O4. The van der Waals surface area contributed by atoms with E-state index in [1.807, 2.05) is 107 Å². The maximum Gasteiger partial charge on any atom is 0.376 e. The second kappa shape index (κ2) is 10.7. The number of esters is 2. The third-order valence-electron chi connectivity index (χ3n) is 8.44. The number of carbonyl (C=O) groups excluding carboxylic acids is 2. The van der Waals surface area contributed by atoms with E-state index in [2.05, 4.69) is 13.8 Å². The summed E-state index contributed by atoms with van der Waals surface area (Å²) >= 11 is 0. The Morgan fingerprint density at radius 2 is 1.07 bits per heavy atom. The van der Waals surface area contributed by atoms with Crippen molar-refractivity contribution in [2.45, 2.75) is 66.2 Å².